The molecule has 2 N–H and O–H groups in total. The van der Waals surface area contributed by atoms with Crippen LogP contribution in [0.15, 0.2) is 10.9 Å². The summed E-state index contributed by atoms with van der Waals surface area (Å²) in [6.45, 7) is 2.40. The fourth-order valence-electron chi connectivity index (χ4n) is 2.52. The maximum atomic E-state index is 11.4. The second-order valence-electron chi connectivity index (χ2n) is 4.54. The van der Waals surface area contributed by atoms with E-state index in [1.165, 1.54) is 18.9 Å². The number of rotatable bonds is 4. The van der Waals surface area contributed by atoms with Crippen molar-refractivity contribution in [1.82, 2.24) is 9.97 Å². The molecule has 0 amide bonds. The number of nitrogens with one attached hydrogen (secondary N) is 1. The number of H-pyrrole nitrogens is 1. The SMILES string of the molecule is Cc1nc(N(CCO)C2CCCC2)cc(=O)[nH]1. The van der Waals surface area contributed by atoms with E-state index >= 15 is 0 Å². The minimum absolute atomic E-state index is 0.0873. The maximum Gasteiger partial charge on any atom is 0.252 e. The van der Waals surface area contributed by atoms with Gasteiger partial charge in [0.15, 0.2) is 0 Å². The zero-order valence-corrected chi connectivity index (χ0v) is 10.1. The van der Waals surface area contributed by atoms with Crippen molar-refractivity contribution < 1.29 is 5.11 Å². The lowest BCUT2D eigenvalue weighted by atomic mass is 10.2. The largest absolute Gasteiger partial charge is 0.395 e. The van der Waals surface area contributed by atoms with Gasteiger partial charge in [0.05, 0.1) is 6.61 Å². The van der Waals surface area contributed by atoms with Crippen LogP contribution in [0.5, 0.6) is 0 Å². The molecule has 94 valence electrons. The third-order valence-electron chi connectivity index (χ3n) is 3.25. The fourth-order valence-corrected chi connectivity index (χ4v) is 2.52. The molecule has 1 saturated carbocycles. The van der Waals surface area contributed by atoms with Gasteiger partial charge in [-0.3, -0.25) is 4.79 Å². The van der Waals surface area contributed by atoms with E-state index in [4.69, 9.17) is 5.11 Å². The summed E-state index contributed by atoms with van der Waals surface area (Å²) < 4.78 is 0. The topological polar surface area (TPSA) is 69.2 Å². The molecule has 0 aliphatic heterocycles. The van der Waals surface area contributed by atoms with E-state index in [9.17, 15) is 4.79 Å². The highest BCUT2D eigenvalue weighted by molar-refractivity contribution is 5.39. The first-order valence-electron chi connectivity index (χ1n) is 6.16. The van der Waals surface area contributed by atoms with E-state index in [0.29, 0.717) is 24.2 Å². The average molecular weight is 237 g/mol. The Labute approximate surface area is 100 Å². The molecule has 2 rings (SSSR count). The Morgan fingerprint density at radius 3 is 2.82 bits per heavy atom. The highest BCUT2D eigenvalue weighted by Crippen LogP contribution is 2.26. The molecule has 0 aromatic carbocycles. The number of aliphatic hydroxyl groups excluding tert-OH is 1. The third-order valence-corrected chi connectivity index (χ3v) is 3.25. The molecule has 0 radical (unpaired) electrons. The molecule has 1 aromatic rings. The van der Waals surface area contributed by atoms with Crippen molar-refractivity contribution >= 4 is 5.82 Å². The van der Waals surface area contributed by atoms with Gasteiger partial charge in [0.2, 0.25) is 0 Å². The van der Waals surface area contributed by atoms with Gasteiger partial charge >= 0.3 is 0 Å². The van der Waals surface area contributed by atoms with E-state index in [1.54, 1.807) is 6.92 Å². The van der Waals surface area contributed by atoms with Crippen LogP contribution in [-0.2, 0) is 0 Å². The highest BCUT2D eigenvalue weighted by atomic mass is 16.3. The predicted molar refractivity (Wildman–Crippen MR) is 66.3 cm³/mol. The van der Waals surface area contributed by atoms with Crippen molar-refractivity contribution in [2.75, 3.05) is 18.1 Å². The Kier molecular flexibility index (Phi) is 3.78. The molecule has 1 aliphatic carbocycles. The monoisotopic (exact) mass is 237 g/mol. The van der Waals surface area contributed by atoms with Gasteiger partial charge in [0, 0.05) is 18.7 Å². The molecule has 1 aromatic heterocycles. The van der Waals surface area contributed by atoms with Crippen LogP contribution in [0.25, 0.3) is 0 Å². The Morgan fingerprint density at radius 1 is 1.53 bits per heavy atom. The molecule has 0 spiro atoms. The molecule has 5 heteroatoms. The standard InChI is InChI=1S/C12H19N3O2/c1-9-13-11(8-12(17)14-9)15(6-7-16)10-4-2-3-5-10/h8,10,16H,2-7H2,1H3,(H,13,14,17). The number of aryl methyl sites for hydroxylation is 1. The maximum absolute atomic E-state index is 11.4. The van der Waals surface area contributed by atoms with Crippen molar-refractivity contribution in [2.45, 2.75) is 38.6 Å². The number of aromatic nitrogens is 2. The van der Waals surface area contributed by atoms with Crippen LogP contribution in [-0.4, -0.2) is 34.3 Å². The van der Waals surface area contributed by atoms with Gasteiger partial charge in [-0.15, -0.1) is 0 Å². The quantitative estimate of drug-likeness (QED) is 0.813. The van der Waals surface area contributed by atoms with E-state index in [2.05, 4.69) is 14.9 Å². The first kappa shape index (κ1) is 12.1. The molecule has 17 heavy (non-hydrogen) atoms. The number of hydrogen-bond acceptors (Lipinski definition) is 4. The molecule has 5 nitrogen and oxygen atoms in total. The molecule has 0 bridgehead atoms. The molecule has 0 atom stereocenters. The van der Waals surface area contributed by atoms with Gasteiger partial charge in [0.1, 0.15) is 11.6 Å². The molecule has 1 heterocycles. The Bertz CT molecular complexity index is 424. The van der Waals surface area contributed by atoms with Crippen LogP contribution in [0.2, 0.25) is 0 Å². The second-order valence-corrected chi connectivity index (χ2v) is 4.54. The van der Waals surface area contributed by atoms with Crippen LogP contribution in [0.4, 0.5) is 5.82 Å². The zero-order chi connectivity index (χ0) is 12.3. The number of aromatic amines is 1. The molecule has 0 unspecified atom stereocenters. The number of hydrogen-bond donors (Lipinski definition) is 2. The average Bonchev–Trinajstić information content (AvgIpc) is 2.77. The van der Waals surface area contributed by atoms with Gasteiger partial charge in [-0.2, -0.15) is 0 Å². The number of aliphatic hydroxyl groups is 1. The molecule has 0 saturated heterocycles. The smallest absolute Gasteiger partial charge is 0.252 e. The lowest BCUT2D eigenvalue weighted by Gasteiger charge is -2.29. The van der Waals surface area contributed by atoms with Gasteiger partial charge in [0.25, 0.3) is 5.56 Å². The summed E-state index contributed by atoms with van der Waals surface area (Å²) >= 11 is 0. The lowest BCUT2D eigenvalue weighted by Crippen LogP contribution is -2.37. The van der Waals surface area contributed by atoms with Crippen LogP contribution < -0.4 is 10.5 Å². The molecular weight excluding hydrogens is 218 g/mol. The highest BCUT2D eigenvalue weighted by Gasteiger charge is 2.23. The van der Waals surface area contributed by atoms with Crippen molar-refractivity contribution in [2.24, 2.45) is 0 Å². The van der Waals surface area contributed by atoms with Crippen molar-refractivity contribution in [3.05, 3.63) is 22.2 Å². The zero-order valence-electron chi connectivity index (χ0n) is 10.1. The van der Waals surface area contributed by atoms with Crippen LogP contribution in [0.1, 0.15) is 31.5 Å². The third kappa shape index (κ3) is 2.85. The number of nitrogens with zero attached hydrogens (tertiary/aromatic N) is 2. The second kappa shape index (κ2) is 5.31. The summed E-state index contributed by atoms with van der Waals surface area (Å²) in [5.41, 5.74) is -0.131. The van der Waals surface area contributed by atoms with Gasteiger partial charge in [-0.1, -0.05) is 12.8 Å². The predicted octanol–water partition coefficient (Wildman–Crippen LogP) is 0.820. The molecule has 1 fully saturated rings. The van der Waals surface area contributed by atoms with Crippen molar-refractivity contribution in [3.8, 4) is 0 Å². The van der Waals surface area contributed by atoms with Crippen LogP contribution >= 0.6 is 0 Å². The Morgan fingerprint density at radius 2 is 2.24 bits per heavy atom. The summed E-state index contributed by atoms with van der Waals surface area (Å²) in [6.07, 6.45) is 4.67. The summed E-state index contributed by atoms with van der Waals surface area (Å²) in [5.74, 6) is 1.31. The van der Waals surface area contributed by atoms with Crippen LogP contribution in [0.3, 0.4) is 0 Å². The van der Waals surface area contributed by atoms with E-state index in [1.807, 2.05) is 0 Å². The fraction of sp³-hybridized carbons (Fsp3) is 0.667. The van der Waals surface area contributed by atoms with E-state index < -0.39 is 0 Å². The van der Waals surface area contributed by atoms with Gasteiger partial charge < -0.3 is 15.0 Å². The van der Waals surface area contributed by atoms with Crippen LogP contribution in [0, 0.1) is 6.92 Å². The normalized spacial score (nSPS) is 16.4. The van der Waals surface area contributed by atoms with E-state index in [0.717, 1.165) is 12.8 Å². The summed E-state index contributed by atoms with van der Waals surface area (Å²) in [7, 11) is 0. The molecule has 1 aliphatic rings. The summed E-state index contributed by atoms with van der Waals surface area (Å²) in [5, 5.41) is 9.14. The first-order chi connectivity index (χ1) is 8.20. The number of anilines is 1. The van der Waals surface area contributed by atoms with E-state index in [-0.39, 0.29) is 12.2 Å². The van der Waals surface area contributed by atoms with Gasteiger partial charge in [-0.05, 0) is 19.8 Å². The minimum atomic E-state index is -0.131. The Balaban J connectivity index is 2.27. The Hall–Kier alpha value is -1.36. The van der Waals surface area contributed by atoms with Crippen molar-refractivity contribution in [3.63, 3.8) is 0 Å². The summed E-state index contributed by atoms with van der Waals surface area (Å²) in [4.78, 5) is 20.5. The first-order valence-corrected chi connectivity index (χ1v) is 6.16. The summed E-state index contributed by atoms with van der Waals surface area (Å²) in [6, 6.07) is 1.93. The van der Waals surface area contributed by atoms with Crippen molar-refractivity contribution in [1.29, 1.82) is 0 Å². The minimum Gasteiger partial charge on any atom is -0.395 e. The van der Waals surface area contributed by atoms with Gasteiger partial charge in [-0.25, -0.2) is 4.98 Å². The lowest BCUT2D eigenvalue weighted by molar-refractivity contribution is 0.296. The molecular formula is C12H19N3O2.